The predicted molar refractivity (Wildman–Crippen MR) is 270 cm³/mol. The van der Waals surface area contributed by atoms with Gasteiger partial charge in [-0.25, -0.2) is 0 Å². The predicted octanol–water partition coefficient (Wildman–Crippen LogP) is 17.7. The van der Waals surface area contributed by atoms with Crippen LogP contribution in [0.25, 0.3) is 71.3 Å². The smallest absolute Gasteiger partial charge is 0.0541 e. The first kappa shape index (κ1) is 40.0. The van der Waals surface area contributed by atoms with Crippen LogP contribution >= 0.6 is 0 Å². The molecule has 0 saturated heterocycles. The maximum atomic E-state index is 2.51. The second-order valence-electron chi connectivity index (χ2n) is 20.9. The Balaban J connectivity index is 1.09. The molecular weight excluding hydrogens is 749 g/mol. The molecule has 2 nitrogen and oxygen atoms in total. The first-order chi connectivity index (χ1) is 29.4. The summed E-state index contributed by atoms with van der Waals surface area (Å²) in [4.78, 5) is 2.51. The van der Waals surface area contributed by atoms with E-state index >= 15 is 0 Å². The maximum Gasteiger partial charge on any atom is 0.0541 e. The molecule has 1 aliphatic carbocycles. The Morgan fingerprint density at radius 1 is 0.419 bits per heavy atom. The fourth-order valence-electron chi connectivity index (χ4n) is 9.77. The summed E-state index contributed by atoms with van der Waals surface area (Å²) in [7, 11) is 0. The Hall–Kier alpha value is -6.12. The van der Waals surface area contributed by atoms with Gasteiger partial charge in [0, 0.05) is 33.5 Å². The monoisotopic (exact) mass is 808 g/mol. The van der Waals surface area contributed by atoms with E-state index in [9.17, 15) is 0 Å². The highest BCUT2D eigenvalue weighted by atomic mass is 15.1. The first-order valence-corrected chi connectivity index (χ1v) is 22.7. The minimum atomic E-state index is 0.0640. The molecule has 0 fully saturated rings. The topological polar surface area (TPSA) is 8.17 Å². The third-order valence-electron chi connectivity index (χ3n) is 13.8. The molecule has 8 aromatic carbocycles. The van der Waals surface area contributed by atoms with Gasteiger partial charge in [-0.05, 0) is 199 Å². The van der Waals surface area contributed by atoms with Crippen LogP contribution in [0, 0.1) is 13.8 Å². The third kappa shape index (κ3) is 6.53. The summed E-state index contributed by atoms with van der Waals surface area (Å²) < 4.78 is 2.48. The molecule has 0 bridgehead atoms. The Morgan fingerprint density at radius 2 is 0.855 bits per heavy atom. The van der Waals surface area contributed by atoms with Gasteiger partial charge in [0.25, 0.3) is 0 Å². The lowest BCUT2D eigenvalue weighted by atomic mass is 9.78. The molecule has 1 aromatic heterocycles. The molecule has 10 rings (SSSR count). The zero-order valence-corrected chi connectivity index (χ0v) is 38.8. The number of fused-ring (bicyclic) bond motifs is 9. The minimum absolute atomic E-state index is 0.0640. The van der Waals surface area contributed by atoms with E-state index in [2.05, 4.69) is 226 Å². The summed E-state index contributed by atoms with van der Waals surface area (Å²) in [5.74, 6) is 0.874. The lowest BCUT2D eigenvalue weighted by Gasteiger charge is -2.31. The molecule has 0 atom stereocenters. The number of hydrogen-bond acceptors (Lipinski definition) is 1. The van der Waals surface area contributed by atoms with Gasteiger partial charge < -0.3 is 9.47 Å². The van der Waals surface area contributed by atoms with Gasteiger partial charge in [0.05, 0.1) is 11.0 Å². The molecule has 0 amide bonds. The normalized spacial score (nSPS) is 12.8. The van der Waals surface area contributed by atoms with Gasteiger partial charge in [0.2, 0.25) is 0 Å². The van der Waals surface area contributed by atoms with Crippen molar-refractivity contribution in [2.45, 2.75) is 106 Å². The van der Waals surface area contributed by atoms with Crippen LogP contribution in [0.4, 0.5) is 17.1 Å². The highest BCUT2D eigenvalue weighted by Gasteiger charge is 2.26. The molecule has 310 valence electrons. The van der Waals surface area contributed by atoms with Crippen LogP contribution in [-0.4, -0.2) is 4.57 Å². The number of anilines is 3. The molecule has 1 aliphatic rings. The molecule has 0 radical (unpaired) electrons. The van der Waals surface area contributed by atoms with Crippen molar-refractivity contribution in [3.63, 3.8) is 0 Å². The zero-order valence-electron chi connectivity index (χ0n) is 38.8. The number of benzene rings is 8. The van der Waals surface area contributed by atoms with Crippen LogP contribution < -0.4 is 4.90 Å². The fourth-order valence-corrected chi connectivity index (χ4v) is 9.77. The summed E-state index contributed by atoms with van der Waals surface area (Å²) >= 11 is 0. The van der Waals surface area contributed by atoms with Crippen LogP contribution in [0.5, 0.6) is 0 Å². The molecule has 9 aromatic rings. The second-order valence-corrected chi connectivity index (χ2v) is 20.9. The summed E-state index contributed by atoms with van der Waals surface area (Å²) in [6.07, 6.45) is 0. The molecule has 62 heavy (non-hydrogen) atoms. The maximum absolute atomic E-state index is 2.51. The van der Waals surface area contributed by atoms with Gasteiger partial charge in [0.15, 0.2) is 0 Å². The molecular formula is C60H60N2. The summed E-state index contributed by atoms with van der Waals surface area (Å²) in [5.41, 5.74) is 20.8. The highest BCUT2D eigenvalue weighted by molar-refractivity contribution is 6.13. The van der Waals surface area contributed by atoms with E-state index < -0.39 is 0 Å². The minimum Gasteiger partial charge on any atom is -0.310 e. The van der Waals surface area contributed by atoms with Crippen LogP contribution in [0.15, 0.2) is 133 Å². The Labute approximate surface area is 368 Å². The average molecular weight is 809 g/mol. The van der Waals surface area contributed by atoms with E-state index in [1.54, 1.807) is 0 Å². The Morgan fingerprint density at radius 3 is 1.31 bits per heavy atom. The molecule has 1 heterocycles. The largest absolute Gasteiger partial charge is 0.310 e. The van der Waals surface area contributed by atoms with E-state index in [1.807, 2.05) is 0 Å². The highest BCUT2D eigenvalue weighted by Crippen LogP contribution is 2.51. The van der Waals surface area contributed by atoms with Gasteiger partial charge in [0.1, 0.15) is 0 Å². The number of rotatable bonds is 6. The summed E-state index contributed by atoms with van der Waals surface area (Å²) in [6, 6.07) is 52.0. The van der Waals surface area contributed by atoms with Crippen molar-refractivity contribution in [1.82, 2.24) is 4.57 Å². The van der Waals surface area contributed by atoms with Crippen molar-refractivity contribution < 1.29 is 0 Å². The Kier molecular flexibility index (Phi) is 9.16. The van der Waals surface area contributed by atoms with E-state index in [4.69, 9.17) is 0 Å². The van der Waals surface area contributed by atoms with Crippen molar-refractivity contribution in [3.8, 4) is 27.9 Å². The molecule has 2 heteroatoms. The van der Waals surface area contributed by atoms with Gasteiger partial charge in [-0.15, -0.1) is 0 Å². The first-order valence-electron chi connectivity index (χ1n) is 22.7. The van der Waals surface area contributed by atoms with Crippen LogP contribution in [0.1, 0.15) is 114 Å². The van der Waals surface area contributed by atoms with Gasteiger partial charge in [-0.1, -0.05) is 118 Å². The van der Waals surface area contributed by atoms with E-state index in [-0.39, 0.29) is 10.8 Å². The van der Waals surface area contributed by atoms with Crippen molar-refractivity contribution in [3.05, 3.63) is 167 Å². The standard InChI is InChI=1S/C60H60N2/c1-35(2)39-15-13-37(5)57(31-39)62(58-32-40(36(3)4)16-14-38(58)6)48-22-18-42-28-50-49-27-41-17-21-47(25-43(41)29-51(49)52(50)30-44(42)26-48)61-55-23-19-45(59(7,8)9)33-53(55)54-34-46(60(10,11)12)20-24-56(54)61/h13-36H,1-12H3. The lowest BCUT2D eigenvalue weighted by molar-refractivity contribution is 0.590. The lowest BCUT2D eigenvalue weighted by Crippen LogP contribution is -2.14. The molecule has 0 spiro atoms. The van der Waals surface area contributed by atoms with Crippen molar-refractivity contribution >= 4 is 60.4 Å². The third-order valence-corrected chi connectivity index (χ3v) is 13.8. The summed E-state index contributed by atoms with van der Waals surface area (Å²) in [5, 5.41) is 7.70. The van der Waals surface area contributed by atoms with E-state index in [0.29, 0.717) is 11.8 Å². The molecule has 0 unspecified atom stereocenters. The number of nitrogens with zero attached hydrogens (tertiary/aromatic N) is 2. The SMILES string of the molecule is Cc1ccc(C(C)C)cc1N(c1ccc2cc3c(cc2c1)-c1cc2cc(-n4c5ccc(C(C)(C)C)cc5c5cc(C(C)(C)C)ccc54)ccc2cc1-3)c1cc(C(C)C)ccc1C. The van der Waals surface area contributed by atoms with Crippen molar-refractivity contribution in [1.29, 1.82) is 0 Å². The Bertz CT molecular complexity index is 3150. The van der Waals surface area contributed by atoms with Crippen LogP contribution in [0.2, 0.25) is 0 Å². The van der Waals surface area contributed by atoms with E-state index in [0.717, 1.165) is 0 Å². The van der Waals surface area contributed by atoms with Gasteiger partial charge in [-0.3, -0.25) is 0 Å². The van der Waals surface area contributed by atoms with Crippen LogP contribution in [0.3, 0.4) is 0 Å². The van der Waals surface area contributed by atoms with Crippen molar-refractivity contribution in [2.75, 3.05) is 4.90 Å². The second kappa shape index (κ2) is 14.2. The molecule has 0 N–H and O–H groups in total. The number of aromatic nitrogens is 1. The molecule has 0 aliphatic heterocycles. The number of aryl methyl sites for hydroxylation is 2. The average Bonchev–Trinajstić information content (AvgIpc) is 3.56. The summed E-state index contributed by atoms with van der Waals surface area (Å²) in [6.45, 7) is 27.5. The van der Waals surface area contributed by atoms with Crippen LogP contribution in [-0.2, 0) is 10.8 Å². The quantitative estimate of drug-likeness (QED) is 0.162. The van der Waals surface area contributed by atoms with Gasteiger partial charge in [-0.2, -0.15) is 0 Å². The van der Waals surface area contributed by atoms with Gasteiger partial charge >= 0.3 is 0 Å². The van der Waals surface area contributed by atoms with E-state index in [1.165, 1.54) is 122 Å². The van der Waals surface area contributed by atoms with Crippen molar-refractivity contribution in [2.24, 2.45) is 0 Å². The zero-order chi connectivity index (χ0) is 43.6. The molecule has 0 saturated carbocycles. The fraction of sp³-hybridized carbons (Fsp3) is 0.267. The number of hydrogen-bond donors (Lipinski definition) is 0.